The van der Waals surface area contributed by atoms with Gasteiger partial charge in [-0.25, -0.2) is 21.9 Å². The average Bonchev–Trinajstić information content (AvgIpc) is 2.59. The summed E-state index contributed by atoms with van der Waals surface area (Å²) in [6.07, 6.45) is -0.0852. The number of benzene rings is 2. The molecule has 0 fully saturated rings. The molecule has 0 saturated heterocycles. The second-order valence-electron chi connectivity index (χ2n) is 6.36. The van der Waals surface area contributed by atoms with E-state index in [2.05, 4.69) is 10.0 Å². The van der Waals surface area contributed by atoms with Crippen LogP contribution >= 0.6 is 0 Å². The van der Waals surface area contributed by atoms with Crippen molar-refractivity contribution in [3.8, 4) is 0 Å². The van der Waals surface area contributed by atoms with Gasteiger partial charge in [-0.2, -0.15) is 0 Å². The number of sulfonamides is 1. The highest BCUT2D eigenvalue weighted by molar-refractivity contribution is 7.89. The van der Waals surface area contributed by atoms with Gasteiger partial charge in [0.1, 0.15) is 0 Å². The molecule has 146 valence electrons. The molecule has 0 aromatic heterocycles. The van der Waals surface area contributed by atoms with Crippen molar-refractivity contribution in [1.82, 2.24) is 10.0 Å². The lowest BCUT2D eigenvalue weighted by Gasteiger charge is -2.15. The normalized spacial score (nSPS) is 12.6. The molecule has 2 N–H and O–H groups in total. The van der Waals surface area contributed by atoms with Crippen LogP contribution in [-0.4, -0.2) is 20.9 Å². The van der Waals surface area contributed by atoms with Crippen LogP contribution in [-0.2, 0) is 14.8 Å². The minimum absolute atomic E-state index is 0.0778. The maximum absolute atomic E-state index is 13.3. The second kappa shape index (κ2) is 8.58. The Morgan fingerprint density at radius 1 is 1.04 bits per heavy atom. The van der Waals surface area contributed by atoms with Gasteiger partial charge in [0, 0.05) is 13.0 Å². The Bertz CT molecular complexity index is 946. The van der Waals surface area contributed by atoms with E-state index in [9.17, 15) is 22.0 Å². The number of hydrogen-bond donors (Lipinski definition) is 2. The molecule has 8 heteroatoms. The molecule has 0 aliphatic heterocycles. The van der Waals surface area contributed by atoms with E-state index in [1.54, 1.807) is 19.1 Å². The Kier molecular flexibility index (Phi) is 6.67. The van der Waals surface area contributed by atoms with E-state index >= 15 is 0 Å². The van der Waals surface area contributed by atoms with Crippen LogP contribution in [0.5, 0.6) is 0 Å². The van der Waals surface area contributed by atoms with E-state index < -0.39 is 33.6 Å². The molecule has 0 aliphatic rings. The average molecular weight is 396 g/mol. The fraction of sp³-hybridized carbons (Fsp3) is 0.316. The summed E-state index contributed by atoms with van der Waals surface area (Å²) in [5.74, 6) is -2.36. The number of nitrogens with one attached hydrogen (secondary N) is 2. The summed E-state index contributed by atoms with van der Waals surface area (Å²) in [5, 5.41) is 2.62. The maximum atomic E-state index is 13.3. The van der Waals surface area contributed by atoms with Crippen molar-refractivity contribution in [2.75, 3.05) is 6.54 Å². The van der Waals surface area contributed by atoms with Crippen LogP contribution in [0.2, 0.25) is 0 Å². The van der Waals surface area contributed by atoms with Crippen molar-refractivity contribution < 1.29 is 22.0 Å². The number of rotatable bonds is 7. The lowest BCUT2D eigenvalue weighted by molar-refractivity contribution is -0.121. The fourth-order valence-corrected chi connectivity index (χ4v) is 3.56. The van der Waals surface area contributed by atoms with Crippen LogP contribution in [0.25, 0.3) is 0 Å². The van der Waals surface area contributed by atoms with E-state index in [1.807, 2.05) is 13.8 Å². The van der Waals surface area contributed by atoms with E-state index in [1.165, 1.54) is 12.1 Å². The molecular formula is C19H22F2N2O3S. The highest BCUT2D eigenvalue weighted by atomic mass is 32.2. The predicted molar refractivity (Wildman–Crippen MR) is 98.6 cm³/mol. The van der Waals surface area contributed by atoms with Crippen molar-refractivity contribution >= 4 is 15.9 Å². The maximum Gasteiger partial charge on any atom is 0.240 e. The van der Waals surface area contributed by atoms with Gasteiger partial charge in [0.05, 0.1) is 10.9 Å². The molecule has 2 aromatic rings. The predicted octanol–water partition coefficient (Wildman–Crippen LogP) is 3.13. The first kappa shape index (κ1) is 21.0. The monoisotopic (exact) mass is 396 g/mol. The molecule has 0 spiro atoms. The number of aryl methyl sites for hydroxylation is 2. The summed E-state index contributed by atoms with van der Waals surface area (Å²) in [6, 6.07) is 7.65. The highest BCUT2D eigenvalue weighted by Gasteiger charge is 2.16. The summed E-state index contributed by atoms with van der Waals surface area (Å²) in [7, 11) is -3.71. The number of hydrogen-bond acceptors (Lipinski definition) is 3. The lowest BCUT2D eigenvalue weighted by atomic mass is 10.1. The van der Waals surface area contributed by atoms with Gasteiger partial charge in [0.15, 0.2) is 11.6 Å². The van der Waals surface area contributed by atoms with Gasteiger partial charge in [-0.15, -0.1) is 0 Å². The van der Waals surface area contributed by atoms with Crippen molar-refractivity contribution in [3.05, 3.63) is 64.7 Å². The van der Waals surface area contributed by atoms with Gasteiger partial charge in [0.2, 0.25) is 15.9 Å². The van der Waals surface area contributed by atoms with Crippen molar-refractivity contribution in [3.63, 3.8) is 0 Å². The Morgan fingerprint density at radius 3 is 2.37 bits per heavy atom. The standard InChI is InChI=1S/C19H22F2N2O3S/c1-12-4-6-16(10-13(12)2)27(25,26)22-9-8-19(24)23-14(3)15-5-7-17(20)18(21)11-15/h4-7,10-11,14,22H,8-9H2,1-3H3,(H,23,24). The van der Waals surface area contributed by atoms with Crippen LogP contribution in [0.3, 0.4) is 0 Å². The lowest BCUT2D eigenvalue weighted by Crippen LogP contribution is -2.32. The Morgan fingerprint density at radius 2 is 1.74 bits per heavy atom. The third kappa shape index (κ3) is 5.58. The molecule has 5 nitrogen and oxygen atoms in total. The zero-order valence-electron chi connectivity index (χ0n) is 15.3. The molecular weight excluding hydrogens is 374 g/mol. The SMILES string of the molecule is Cc1ccc(S(=O)(=O)NCCC(=O)NC(C)c2ccc(F)c(F)c2)cc1C. The van der Waals surface area contributed by atoms with Gasteiger partial charge >= 0.3 is 0 Å². The molecule has 0 saturated carbocycles. The van der Waals surface area contributed by atoms with Crippen LogP contribution in [0, 0.1) is 25.5 Å². The quantitative estimate of drug-likeness (QED) is 0.755. The summed E-state index contributed by atoms with van der Waals surface area (Å²) >= 11 is 0. The van der Waals surface area contributed by atoms with Gasteiger partial charge in [0.25, 0.3) is 0 Å². The molecule has 2 aromatic carbocycles. The van der Waals surface area contributed by atoms with Crippen molar-refractivity contribution in [1.29, 1.82) is 0 Å². The van der Waals surface area contributed by atoms with E-state index in [0.29, 0.717) is 5.56 Å². The van der Waals surface area contributed by atoms with Crippen molar-refractivity contribution in [2.45, 2.75) is 38.1 Å². The first-order chi connectivity index (χ1) is 12.6. The Hall–Kier alpha value is -2.32. The van der Waals surface area contributed by atoms with E-state index in [0.717, 1.165) is 23.3 Å². The van der Waals surface area contributed by atoms with Crippen LogP contribution in [0.4, 0.5) is 8.78 Å². The first-order valence-electron chi connectivity index (χ1n) is 8.41. The molecule has 0 radical (unpaired) electrons. The largest absolute Gasteiger partial charge is 0.350 e. The number of carbonyl (C=O) groups is 1. The molecule has 1 atom stereocenters. The van der Waals surface area contributed by atoms with Gasteiger partial charge in [-0.1, -0.05) is 12.1 Å². The molecule has 0 heterocycles. The number of halogens is 2. The Balaban J connectivity index is 1.89. The molecule has 1 amide bonds. The number of carbonyl (C=O) groups excluding carboxylic acids is 1. The van der Waals surface area contributed by atoms with Crippen LogP contribution in [0.1, 0.15) is 36.1 Å². The topological polar surface area (TPSA) is 75.3 Å². The van der Waals surface area contributed by atoms with E-state index in [4.69, 9.17) is 0 Å². The van der Waals surface area contributed by atoms with Crippen LogP contribution < -0.4 is 10.0 Å². The highest BCUT2D eigenvalue weighted by Crippen LogP contribution is 2.16. The molecule has 27 heavy (non-hydrogen) atoms. The summed E-state index contributed by atoms with van der Waals surface area (Å²) in [6.45, 7) is 5.26. The summed E-state index contributed by atoms with van der Waals surface area (Å²) < 4.78 is 53.1. The minimum Gasteiger partial charge on any atom is -0.350 e. The first-order valence-corrected chi connectivity index (χ1v) is 9.89. The molecule has 0 bridgehead atoms. The van der Waals surface area contributed by atoms with Gasteiger partial charge in [-0.05, 0) is 61.7 Å². The minimum atomic E-state index is -3.71. The van der Waals surface area contributed by atoms with Crippen LogP contribution in [0.15, 0.2) is 41.3 Å². The smallest absolute Gasteiger partial charge is 0.240 e. The third-order valence-corrected chi connectivity index (χ3v) is 5.71. The Labute approximate surface area is 157 Å². The molecule has 2 rings (SSSR count). The second-order valence-corrected chi connectivity index (χ2v) is 8.12. The number of amides is 1. The van der Waals surface area contributed by atoms with Crippen molar-refractivity contribution in [2.24, 2.45) is 0 Å². The zero-order chi connectivity index (χ0) is 20.2. The van der Waals surface area contributed by atoms with Gasteiger partial charge in [-0.3, -0.25) is 4.79 Å². The third-order valence-electron chi connectivity index (χ3n) is 4.25. The summed E-state index contributed by atoms with van der Waals surface area (Å²) in [5.41, 5.74) is 2.26. The molecule has 1 unspecified atom stereocenters. The summed E-state index contributed by atoms with van der Waals surface area (Å²) in [4.78, 5) is 12.1. The fourth-order valence-electron chi connectivity index (χ4n) is 2.44. The van der Waals surface area contributed by atoms with Gasteiger partial charge < -0.3 is 5.32 Å². The zero-order valence-corrected chi connectivity index (χ0v) is 16.2. The van der Waals surface area contributed by atoms with E-state index in [-0.39, 0.29) is 17.9 Å². The molecule has 0 aliphatic carbocycles.